The maximum absolute atomic E-state index is 11.7. The van der Waals surface area contributed by atoms with Crippen molar-refractivity contribution in [2.75, 3.05) is 0 Å². The van der Waals surface area contributed by atoms with Crippen LogP contribution in [0.5, 0.6) is 0 Å². The Balaban J connectivity index is 2.94. The number of aryl methyl sites for hydroxylation is 1. The van der Waals surface area contributed by atoms with Crippen molar-refractivity contribution in [3.8, 4) is 0 Å². The molecule has 1 heterocycles. The van der Waals surface area contributed by atoms with E-state index >= 15 is 0 Å². The Morgan fingerprint density at radius 3 is 2.56 bits per heavy atom. The predicted molar refractivity (Wildman–Crippen MR) is 26.0 cm³/mol. The van der Waals surface area contributed by atoms with Gasteiger partial charge in [-0.2, -0.15) is 8.78 Å². The van der Waals surface area contributed by atoms with Crippen molar-refractivity contribution >= 4 is 0 Å². The van der Waals surface area contributed by atoms with E-state index < -0.39 is 6.55 Å². The number of alkyl halides is 2. The van der Waals surface area contributed by atoms with Crippen LogP contribution in [0.25, 0.3) is 0 Å². The molecule has 3 nitrogen and oxygen atoms in total. The lowest BCUT2D eigenvalue weighted by Crippen LogP contribution is -1.98. The van der Waals surface area contributed by atoms with E-state index in [1.54, 1.807) is 0 Å². The Hall–Kier alpha value is -1.00. The van der Waals surface area contributed by atoms with E-state index in [4.69, 9.17) is 0 Å². The standard InChI is InChI=1S/C4H5F2N3/c1-3-8-7-2-9(3)4(5)6/h2,4H,1H3. The largest absolute Gasteiger partial charge is 0.321 e. The van der Waals surface area contributed by atoms with Crippen LogP contribution in [0, 0.1) is 6.92 Å². The van der Waals surface area contributed by atoms with Gasteiger partial charge in [0.1, 0.15) is 12.2 Å². The highest BCUT2D eigenvalue weighted by Gasteiger charge is 2.07. The lowest BCUT2D eigenvalue weighted by atomic mass is 10.7. The van der Waals surface area contributed by atoms with Crippen molar-refractivity contribution in [1.29, 1.82) is 0 Å². The highest BCUT2D eigenvalue weighted by molar-refractivity contribution is 4.79. The van der Waals surface area contributed by atoms with Crippen LogP contribution < -0.4 is 0 Å². The quantitative estimate of drug-likeness (QED) is 0.571. The highest BCUT2D eigenvalue weighted by Crippen LogP contribution is 2.09. The van der Waals surface area contributed by atoms with E-state index in [0.717, 1.165) is 6.33 Å². The first-order valence-electron chi connectivity index (χ1n) is 2.36. The van der Waals surface area contributed by atoms with Gasteiger partial charge >= 0.3 is 6.55 Å². The van der Waals surface area contributed by atoms with Crippen molar-refractivity contribution in [1.82, 2.24) is 14.8 Å². The minimum Gasteiger partial charge on any atom is -0.259 e. The maximum Gasteiger partial charge on any atom is 0.321 e. The zero-order chi connectivity index (χ0) is 6.85. The van der Waals surface area contributed by atoms with Crippen LogP contribution in [0.2, 0.25) is 0 Å². The summed E-state index contributed by atoms with van der Waals surface area (Å²) in [5.41, 5.74) is 0. The topological polar surface area (TPSA) is 30.7 Å². The molecule has 0 aliphatic carbocycles. The zero-order valence-electron chi connectivity index (χ0n) is 4.75. The van der Waals surface area contributed by atoms with E-state index in [-0.39, 0.29) is 5.82 Å². The molecule has 50 valence electrons. The van der Waals surface area contributed by atoms with Crippen molar-refractivity contribution in [3.05, 3.63) is 12.2 Å². The van der Waals surface area contributed by atoms with Crippen LogP contribution in [0.3, 0.4) is 0 Å². The first kappa shape index (κ1) is 6.12. The molecular formula is C4H5F2N3. The van der Waals surface area contributed by atoms with Gasteiger partial charge in [0.25, 0.3) is 0 Å². The van der Waals surface area contributed by atoms with Gasteiger partial charge in [0.05, 0.1) is 0 Å². The third-order valence-electron chi connectivity index (χ3n) is 0.962. The number of halogens is 2. The highest BCUT2D eigenvalue weighted by atomic mass is 19.3. The molecular weight excluding hydrogens is 128 g/mol. The summed E-state index contributed by atoms with van der Waals surface area (Å²) in [6.45, 7) is -1.06. The first-order chi connectivity index (χ1) is 4.22. The van der Waals surface area contributed by atoms with Crippen LogP contribution in [0.15, 0.2) is 6.33 Å². The second kappa shape index (κ2) is 2.08. The van der Waals surface area contributed by atoms with Gasteiger partial charge in [0.2, 0.25) is 0 Å². The van der Waals surface area contributed by atoms with Crippen LogP contribution in [-0.4, -0.2) is 14.8 Å². The zero-order valence-corrected chi connectivity index (χ0v) is 4.75. The predicted octanol–water partition coefficient (Wildman–Crippen LogP) is 0.982. The van der Waals surface area contributed by atoms with Crippen molar-refractivity contribution < 1.29 is 8.78 Å². The van der Waals surface area contributed by atoms with Gasteiger partial charge in [-0.25, -0.2) is 0 Å². The smallest absolute Gasteiger partial charge is 0.259 e. The molecule has 0 spiro atoms. The molecule has 0 amide bonds. The monoisotopic (exact) mass is 133 g/mol. The second-order valence-electron chi connectivity index (χ2n) is 1.56. The van der Waals surface area contributed by atoms with Gasteiger partial charge in [-0.3, -0.25) is 4.57 Å². The van der Waals surface area contributed by atoms with Crippen molar-refractivity contribution in [2.45, 2.75) is 13.5 Å². The van der Waals surface area contributed by atoms with Crippen molar-refractivity contribution in [3.63, 3.8) is 0 Å². The minimum absolute atomic E-state index is 0.227. The molecule has 5 heteroatoms. The Morgan fingerprint density at radius 2 is 2.33 bits per heavy atom. The molecule has 0 radical (unpaired) electrons. The minimum atomic E-state index is -2.53. The van der Waals surface area contributed by atoms with E-state index in [2.05, 4.69) is 10.2 Å². The summed E-state index contributed by atoms with van der Waals surface area (Å²) >= 11 is 0. The summed E-state index contributed by atoms with van der Waals surface area (Å²) in [4.78, 5) is 0. The molecule has 0 N–H and O–H groups in total. The molecule has 0 saturated heterocycles. The number of aromatic nitrogens is 3. The normalized spacial score (nSPS) is 10.7. The van der Waals surface area contributed by atoms with Gasteiger partial charge in [0, 0.05) is 0 Å². The van der Waals surface area contributed by atoms with Crippen LogP contribution in [-0.2, 0) is 0 Å². The molecule has 0 bridgehead atoms. The van der Waals surface area contributed by atoms with Crippen molar-refractivity contribution in [2.24, 2.45) is 0 Å². The van der Waals surface area contributed by atoms with Gasteiger partial charge in [-0.15, -0.1) is 10.2 Å². The van der Waals surface area contributed by atoms with Crippen LogP contribution >= 0.6 is 0 Å². The lowest BCUT2D eigenvalue weighted by Gasteiger charge is -1.97. The summed E-state index contributed by atoms with van der Waals surface area (Å²) in [6, 6.07) is 0. The van der Waals surface area contributed by atoms with E-state index in [1.807, 2.05) is 0 Å². The molecule has 0 saturated carbocycles. The Morgan fingerprint density at radius 1 is 1.67 bits per heavy atom. The van der Waals surface area contributed by atoms with Crippen LogP contribution in [0.1, 0.15) is 12.4 Å². The average molecular weight is 133 g/mol. The van der Waals surface area contributed by atoms with Gasteiger partial charge in [-0.05, 0) is 6.92 Å². The van der Waals surface area contributed by atoms with E-state index in [0.29, 0.717) is 4.57 Å². The third-order valence-corrected chi connectivity index (χ3v) is 0.962. The SMILES string of the molecule is Cc1nncn1C(F)F. The Labute approximate surface area is 50.3 Å². The first-order valence-corrected chi connectivity index (χ1v) is 2.36. The summed E-state index contributed by atoms with van der Waals surface area (Å²) < 4.78 is 24.2. The molecule has 1 aromatic rings. The maximum atomic E-state index is 11.7. The summed E-state index contributed by atoms with van der Waals surface area (Å²) in [5.74, 6) is 0.227. The fourth-order valence-electron chi connectivity index (χ4n) is 0.492. The van der Waals surface area contributed by atoms with E-state index in [1.165, 1.54) is 6.92 Å². The molecule has 0 atom stereocenters. The molecule has 0 aliphatic heterocycles. The number of hydrogen-bond acceptors (Lipinski definition) is 2. The average Bonchev–Trinajstić information content (AvgIpc) is 2.13. The number of rotatable bonds is 1. The molecule has 0 fully saturated rings. The summed E-state index contributed by atoms with van der Waals surface area (Å²) in [7, 11) is 0. The van der Waals surface area contributed by atoms with Gasteiger partial charge in [0.15, 0.2) is 0 Å². The third kappa shape index (κ3) is 1.04. The Kier molecular flexibility index (Phi) is 1.42. The molecule has 0 aliphatic rings. The molecule has 0 unspecified atom stereocenters. The molecule has 1 aromatic heterocycles. The van der Waals surface area contributed by atoms with Crippen LogP contribution in [0.4, 0.5) is 8.78 Å². The fourth-order valence-corrected chi connectivity index (χ4v) is 0.492. The fraction of sp³-hybridized carbons (Fsp3) is 0.500. The molecule has 0 aromatic carbocycles. The van der Waals surface area contributed by atoms with E-state index in [9.17, 15) is 8.78 Å². The second-order valence-corrected chi connectivity index (χ2v) is 1.56. The summed E-state index contributed by atoms with van der Waals surface area (Å²) in [5, 5.41) is 6.65. The summed E-state index contributed by atoms with van der Waals surface area (Å²) in [6.07, 6.45) is 1.00. The molecule has 9 heavy (non-hydrogen) atoms. The number of hydrogen-bond donors (Lipinski definition) is 0. The molecule has 1 rings (SSSR count). The number of nitrogens with zero attached hydrogens (tertiary/aromatic N) is 3. The van der Waals surface area contributed by atoms with Gasteiger partial charge < -0.3 is 0 Å². The Bertz CT molecular complexity index is 195. The lowest BCUT2D eigenvalue weighted by molar-refractivity contribution is 0.0676. The van der Waals surface area contributed by atoms with Gasteiger partial charge in [-0.1, -0.05) is 0 Å².